The third-order valence-corrected chi connectivity index (χ3v) is 4.17. The van der Waals surface area contributed by atoms with E-state index in [1.807, 2.05) is 0 Å². The van der Waals surface area contributed by atoms with Crippen molar-refractivity contribution in [3.8, 4) is 0 Å². The Morgan fingerprint density at radius 3 is 2.64 bits per heavy atom. The van der Waals surface area contributed by atoms with E-state index in [1.165, 1.54) is 18.7 Å². The molecule has 0 unspecified atom stereocenters. The van der Waals surface area contributed by atoms with Crippen LogP contribution in [-0.4, -0.2) is 54.1 Å². The van der Waals surface area contributed by atoms with Crippen molar-refractivity contribution < 1.29 is 21.1 Å². The summed E-state index contributed by atoms with van der Waals surface area (Å²) in [4.78, 5) is 13.9. The Balaban J connectivity index is 2.14. The van der Waals surface area contributed by atoms with Gasteiger partial charge in [0.25, 0.3) is 5.92 Å². The zero-order valence-corrected chi connectivity index (χ0v) is 14.0. The van der Waals surface area contributed by atoms with Gasteiger partial charge in [-0.1, -0.05) is 0 Å². The predicted molar refractivity (Wildman–Crippen MR) is 81.0 cm³/mol. The second-order valence-corrected chi connectivity index (χ2v) is 7.76. The van der Waals surface area contributed by atoms with Crippen LogP contribution in [0.5, 0.6) is 0 Å². The standard InChI is InChI=1S/C16H28F2N2O2/c1-14(2,3)22-13(21)15(4,5)7-9-20-8-6-11-12(20)16(17,18)10-19-11/h11-12,19H,6-10H2,1-5H3/t11-,12+/m0/s1/i7D2. The largest absolute Gasteiger partial charge is 0.460 e. The Bertz CT molecular complexity index is 507. The molecule has 0 radical (unpaired) electrons. The quantitative estimate of drug-likeness (QED) is 0.808. The number of halogens is 2. The van der Waals surface area contributed by atoms with Gasteiger partial charge in [0, 0.05) is 15.3 Å². The van der Waals surface area contributed by atoms with Crippen LogP contribution in [0.1, 0.15) is 50.2 Å². The molecular formula is C16H28F2N2O2. The molecule has 0 aromatic carbocycles. The average molecular weight is 320 g/mol. The molecule has 0 spiro atoms. The number of nitrogens with one attached hydrogen (secondary N) is 1. The van der Waals surface area contributed by atoms with Crippen LogP contribution < -0.4 is 5.32 Å². The number of likely N-dealkylation sites (tertiary alicyclic amines) is 1. The molecule has 2 atom stereocenters. The third-order valence-electron chi connectivity index (χ3n) is 4.17. The number of fused-ring (bicyclic) bond motifs is 1. The van der Waals surface area contributed by atoms with Crippen molar-refractivity contribution in [1.29, 1.82) is 0 Å². The maximum absolute atomic E-state index is 14.1. The van der Waals surface area contributed by atoms with Crippen molar-refractivity contribution >= 4 is 5.97 Å². The van der Waals surface area contributed by atoms with Gasteiger partial charge in [-0.2, -0.15) is 0 Å². The van der Waals surface area contributed by atoms with E-state index >= 15 is 0 Å². The van der Waals surface area contributed by atoms with Crippen LogP contribution in [-0.2, 0) is 9.53 Å². The van der Waals surface area contributed by atoms with Crippen LogP contribution in [0.4, 0.5) is 8.78 Å². The molecule has 0 aliphatic carbocycles. The molecule has 0 aromatic rings. The lowest BCUT2D eigenvalue weighted by atomic mass is 9.88. The van der Waals surface area contributed by atoms with E-state index in [9.17, 15) is 13.6 Å². The summed E-state index contributed by atoms with van der Waals surface area (Å²) in [5, 5.41) is 2.81. The molecule has 2 saturated heterocycles. The fourth-order valence-corrected chi connectivity index (χ4v) is 2.96. The number of carbonyl (C=O) groups is 1. The van der Waals surface area contributed by atoms with Crippen molar-refractivity contribution in [3.63, 3.8) is 0 Å². The Kier molecular flexibility index (Phi) is 3.85. The fourth-order valence-electron chi connectivity index (χ4n) is 2.96. The van der Waals surface area contributed by atoms with Gasteiger partial charge < -0.3 is 10.1 Å². The second kappa shape index (κ2) is 5.71. The summed E-state index contributed by atoms with van der Waals surface area (Å²) in [6.45, 7) is 7.88. The lowest BCUT2D eigenvalue weighted by molar-refractivity contribution is -0.166. The summed E-state index contributed by atoms with van der Waals surface area (Å²) >= 11 is 0. The van der Waals surface area contributed by atoms with E-state index in [1.54, 1.807) is 20.8 Å². The van der Waals surface area contributed by atoms with Gasteiger partial charge in [0.1, 0.15) is 5.60 Å². The molecule has 2 rings (SSSR count). The van der Waals surface area contributed by atoms with Gasteiger partial charge in [-0.05, 0) is 54.0 Å². The first-order valence-electron chi connectivity index (χ1n) is 8.76. The second-order valence-electron chi connectivity index (χ2n) is 7.76. The number of ether oxygens (including phenoxy) is 1. The minimum Gasteiger partial charge on any atom is -0.460 e. The summed E-state index contributed by atoms with van der Waals surface area (Å²) in [6, 6.07) is -1.33. The summed E-state index contributed by atoms with van der Waals surface area (Å²) in [5.41, 5.74) is -2.18. The molecule has 2 aliphatic heterocycles. The summed E-state index contributed by atoms with van der Waals surface area (Å²) in [5.74, 6) is -3.54. The molecule has 0 aromatic heterocycles. The van der Waals surface area contributed by atoms with Crippen LogP contribution in [0.15, 0.2) is 0 Å². The molecule has 2 fully saturated rings. The Labute approximate surface area is 134 Å². The monoisotopic (exact) mass is 320 g/mol. The number of carbonyl (C=O) groups excluding carboxylic acids is 1. The molecule has 0 bridgehead atoms. The molecule has 1 N–H and O–H groups in total. The molecule has 0 amide bonds. The van der Waals surface area contributed by atoms with Crippen LogP contribution in [0.2, 0.25) is 0 Å². The molecule has 22 heavy (non-hydrogen) atoms. The highest BCUT2D eigenvalue weighted by atomic mass is 19.3. The van der Waals surface area contributed by atoms with Gasteiger partial charge >= 0.3 is 5.97 Å². The number of hydrogen-bond donors (Lipinski definition) is 1. The average Bonchev–Trinajstić information content (AvgIpc) is 2.89. The Morgan fingerprint density at radius 2 is 2.05 bits per heavy atom. The molecular weight excluding hydrogens is 290 g/mol. The maximum atomic E-state index is 14.1. The first-order chi connectivity index (χ1) is 10.7. The van der Waals surface area contributed by atoms with Crippen LogP contribution in [0.3, 0.4) is 0 Å². The first-order valence-corrected chi connectivity index (χ1v) is 7.76. The van der Waals surface area contributed by atoms with Crippen LogP contribution in [0.25, 0.3) is 0 Å². The lowest BCUT2D eigenvalue weighted by Gasteiger charge is -2.32. The van der Waals surface area contributed by atoms with E-state index in [0.717, 1.165) is 0 Å². The van der Waals surface area contributed by atoms with Gasteiger partial charge in [0.15, 0.2) is 0 Å². The highest BCUT2D eigenvalue weighted by Gasteiger charge is 2.55. The number of nitrogens with zero attached hydrogens (tertiary/aromatic N) is 1. The number of rotatable bonds is 4. The number of alkyl halides is 2. The predicted octanol–water partition coefficient (Wildman–Crippen LogP) is 2.43. The topological polar surface area (TPSA) is 41.6 Å². The van der Waals surface area contributed by atoms with Crippen molar-refractivity contribution in [3.05, 3.63) is 0 Å². The lowest BCUT2D eigenvalue weighted by Crippen LogP contribution is -2.46. The maximum Gasteiger partial charge on any atom is 0.312 e. The van der Waals surface area contributed by atoms with E-state index in [4.69, 9.17) is 7.48 Å². The molecule has 6 heteroatoms. The zero-order chi connectivity index (χ0) is 18.6. The SMILES string of the molecule is [2H]C([2H])(CN1CC[C@@H]2NCC(F)(F)[C@@H]21)C(C)(C)C(=O)OC(C)(C)C. The highest BCUT2D eigenvalue weighted by molar-refractivity contribution is 5.76. The Morgan fingerprint density at radius 1 is 1.41 bits per heavy atom. The summed E-state index contributed by atoms with van der Waals surface area (Å²) < 4.78 is 50.2. The molecule has 2 heterocycles. The Hall–Kier alpha value is -0.750. The zero-order valence-electron chi connectivity index (χ0n) is 16.0. The minimum absolute atomic E-state index is 0.225. The van der Waals surface area contributed by atoms with Crippen molar-refractivity contribution in [2.45, 2.75) is 71.0 Å². The summed E-state index contributed by atoms with van der Waals surface area (Å²) in [7, 11) is 0. The van der Waals surface area contributed by atoms with E-state index in [-0.39, 0.29) is 19.1 Å². The van der Waals surface area contributed by atoms with Gasteiger partial charge in [-0.25, -0.2) is 8.78 Å². The first kappa shape index (κ1) is 14.8. The molecule has 128 valence electrons. The molecule has 4 nitrogen and oxygen atoms in total. The van der Waals surface area contributed by atoms with Gasteiger partial charge in [-0.3, -0.25) is 9.69 Å². The highest BCUT2D eigenvalue weighted by Crippen LogP contribution is 2.37. The molecule has 2 aliphatic rings. The van der Waals surface area contributed by atoms with Gasteiger partial charge in [0.05, 0.1) is 18.0 Å². The summed E-state index contributed by atoms with van der Waals surface area (Å²) in [6.07, 6.45) is -1.44. The molecule has 0 saturated carbocycles. The van der Waals surface area contributed by atoms with Crippen LogP contribution in [0, 0.1) is 5.41 Å². The van der Waals surface area contributed by atoms with E-state index in [2.05, 4.69) is 5.32 Å². The number of hydrogen-bond acceptors (Lipinski definition) is 4. The van der Waals surface area contributed by atoms with Crippen molar-refractivity contribution in [2.75, 3.05) is 19.6 Å². The van der Waals surface area contributed by atoms with E-state index in [0.29, 0.717) is 13.0 Å². The minimum atomic E-state index is -2.88. The third kappa shape index (κ3) is 3.77. The van der Waals surface area contributed by atoms with Crippen molar-refractivity contribution in [2.24, 2.45) is 5.41 Å². The van der Waals surface area contributed by atoms with Crippen LogP contribution >= 0.6 is 0 Å². The number of esters is 1. The fraction of sp³-hybridized carbons (Fsp3) is 0.938. The van der Waals surface area contributed by atoms with E-state index < -0.39 is 35.3 Å². The normalized spacial score (nSPS) is 30.7. The van der Waals surface area contributed by atoms with Gasteiger partial charge in [0.2, 0.25) is 0 Å². The van der Waals surface area contributed by atoms with Gasteiger partial charge in [-0.15, -0.1) is 0 Å². The van der Waals surface area contributed by atoms with Crippen molar-refractivity contribution in [1.82, 2.24) is 10.2 Å². The smallest absolute Gasteiger partial charge is 0.312 e.